The molecule has 0 atom stereocenters. The van der Waals surface area contributed by atoms with Crippen LogP contribution in [0.4, 0.5) is 0 Å². The second kappa shape index (κ2) is 5.69. The first-order chi connectivity index (χ1) is 7.69. The Hall–Kier alpha value is -2.12. The Morgan fingerprint density at radius 1 is 0.875 bits per heavy atom. The third-order valence-corrected chi connectivity index (χ3v) is 1.39. The van der Waals surface area contributed by atoms with Crippen molar-refractivity contribution < 1.29 is 19.1 Å². The van der Waals surface area contributed by atoms with Crippen LogP contribution in [0.15, 0.2) is 0 Å². The van der Waals surface area contributed by atoms with Crippen molar-refractivity contribution in [2.75, 3.05) is 13.2 Å². The third-order valence-electron chi connectivity index (χ3n) is 1.39. The van der Waals surface area contributed by atoms with E-state index >= 15 is 0 Å². The minimum atomic E-state index is -0.738. The summed E-state index contributed by atoms with van der Waals surface area (Å²) < 4.78 is 9.23. The number of carbonyl (C=O) groups excluding carboxylic acids is 2. The molecule has 0 bridgehead atoms. The maximum Gasteiger partial charge on any atom is 0.380 e. The molecule has 16 heavy (non-hydrogen) atoms. The van der Waals surface area contributed by atoms with E-state index in [0.29, 0.717) is 0 Å². The fraction of sp³-hybridized carbons (Fsp3) is 0.500. The minimum absolute atomic E-state index is 0.196. The van der Waals surface area contributed by atoms with Crippen LogP contribution < -0.4 is 0 Å². The maximum absolute atomic E-state index is 11.1. The number of aromatic nitrogens is 4. The summed E-state index contributed by atoms with van der Waals surface area (Å²) in [6.45, 7) is 3.68. The summed E-state index contributed by atoms with van der Waals surface area (Å²) in [5, 5.41) is 13.6. The van der Waals surface area contributed by atoms with Crippen LogP contribution in [-0.2, 0) is 9.47 Å². The van der Waals surface area contributed by atoms with Gasteiger partial charge in [-0.05, 0) is 13.8 Å². The Morgan fingerprint density at radius 2 is 1.19 bits per heavy atom. The molecule has 0 aliphatic rings. The molecule has 1 aromatic rings. The summed E-state index contributed by atoms with van der Waals surface area (Å²) in [4.78, 5) is 22.2. The summed E-state index contributed by atoms with van der Waals surface area (Å²) in [5.41, 5.74) is 0. The van der Waals surface area contributed by atoms with Gasteiger partial charge >= 0.3 is 11.9 Å². The lowest BCUT2D eigenvalue weighted by Gasteiger charge is -1.99. The Kier molecular flexibility index (Phi) is 4.25. The second-order valence-electron chi connectivity index (χ2n) is 2.49. The lowest BCUT2D eigenvalue weighted by molar-refractivity contribution is 0.0482. The number of esters is 2. The van der Waals surface area contributed by atoms with Gasteiger partial charge in [0.2, 0.25) is 0 Å². The van der Waals surface area contributed by atoms with Crippen molar-refractivity contribution in [3.63, 3.8) is 0 Å². The smallest absolute Gasteiger partial charge is 0.380 e. The van der Waals surface area contributed by atoms with Gasteiger partial charge in [-0.25, -0.2) is 9.59 Å². The van der Waals surface area contributed by atoms with Crippen molar-refractivity contribution in [1.82, 2.24) is 20.4 Å². The van der Waals surface area contributed by atoms with Crippen LogP contribution in [0, 0.1) is 0 Å². The van der Waals surface area contributed by atoms with E-state index in [4.69, 9.17) is 0 Å². The largest absolute Gasteiger partial charge is 0.460 e. The van der Waals surface area contributed by atoms with Gasteiger partial charge in [-0.1, -0.05) is 0 Å². The van der Waals surface area contributed by atoms with Crippen molar-refractivity contribution >= 4 is 11.9 Å². The fourth-order valence-electron chi connectivity index (χ4n) is 0.784. The van der Waals surface area contributed by atoms with E-state index in [9.17, 15) is 9.59 Å². The van der Waals surface area contributed by atoms with Crippen LogP contribution in [0.25, 0.3) is 0 Å². The van der Waals surface area contributed by atoms with Gasteiger partial charge in [0, 0.05) is 0 Å². The van der Waals surface area contributed by atoms with Crippen molar-refractivity contribution in [1.29, 1.82) is 0 Å². The van der Waals surface area contributed by atoms with E-state index in [1.165, 1.54) is 0 Å². The van der Waals surface area contributed by atoms with Gasteiger partial charge in [0.05, 0.1) is 13.2 Å². The van der Waals surface area contributed by atoms with E-state index in [1.54, 1.807) is 13.8 Å². The molecule has 1 rings (SSSR count). The van der Waals surface area contributed by atoms with Gasteiger partial charge in [-0.3, -0.25) is 0 Å². The summed E-state index contributed by atoms with van der Waals surface area (Å²) in [7, 11) is 0. The van der Waals surface area contributed by atoms with E-state index in [2.05, 4.69) is 29.9 Å². The van der Waals surface area contributed by atoms with Crippen LogP contribution in [0.5, 0.6) is 0 Å². The molecule has 0 N–H and O–H groups in total. The highest BCUT2D eigenvalue weighted by Crippen LogP contribution is 1.93. The highest BCUT2D eigenvalue weighted by Gasteiger charge is 2.16. The van der Waals surface area contributed by atoms with Gasteiger partial charge in [-0.15, -0.1) is 20.4 Å². The molecule has 8 heteroatoms. The first kappa shape index (κ1) is 12.0. The van der Waals surface area contributed by atoms with Gasteiger partial charge in [0.25, 0.3) is 11.6 Å². The number of hydrogen-bond donors (Lipinski definition) is 0. The van der Waals surface area contributed by atoms with Gasteiger partial charge in [0.1, 0.15) is 0 Å². The van der Waals surface area contributed by atoms with E-state index in [1.807, 2.05) is 0 Å². The van der Waals surface area contributed by atoms with Crippen molar-refractivity contribution in [2.24, 2.45) is 0 Å². The highest BCUT2D eigenvalue weighted by molar-refractivity contribution is 5.86. The molecule has 8 nitrogen and oxygen atoms in total. The SMILES string of the molecule is CCOC(=O)c1nnc(C(=O)OCC)nn1. The molecule has 1 heterocycles. The van der Waals surface area contributed by atoms with Crippen LogP contribution in [0.1, 0.15) is 35.1 Å². The number of rotatable bonds is 4. The van der Waals surface area contributed by atoms with E-state index < -0.39 is 11.9 Å². The zero-order chi connectivity index (χ0) is 12.0. The number of hydrogen-bond acceptors (Lipinski definition) is 8. The average molecular weight is 226 g/mol. The molecular weight excluding hydrogens is 216 g/mol. The van der Waals surface area contributed by atoms with Crippen LogP contribution in [0.3, 0.4) is 0 Å². The van der Waals surface area contributed by atoms with E-state index in [0.717, 1.165) is 0 Å². The topological polar surface area (TPSA) is 104 Å². The lowest BCUT2D eigenvalue weighted by atomic mass is 10.6. The monoisotopic (exact) mass is 226 g/mol. The Bertz CT molecular complexity index is 341. The van der Waals surface area contributed by atoms with Gasteiger partial charge in [-0.2, -0.15) is 0 Å². The Labute approximate surface area is 91.0 Å². The second-order valence-corrected chi connectivity index (χ2v) is 2.49. The normalized spacial score (nSPS) is 9.62. The quantitative estimate of drug-likeness (QED) is 0.640. The van der Waals surface area contributed by atoms with Crippen LogP contribution in [-0.4, -0.2) is 45.5 Å². The van der Waals surface area contributed by atoms with Crippen LogP contribution >= 0.6 is 0 Å². The zero-order valence-electron chi connectivity index (χ0n) is 8.84. The predicted molar refractivity (Wildman–Crippen MR) is 49.5 cm³/mol. The lowest BCUT2D eigenvalue weighted by Crippen LogP contribution is -2.17. The van der Waals surface area contributed by atoms with Crippen LogP contribution in [0.2, 0.25) is 0 Å². The Morgan fingerprint density at radius 3 is 1.44 bits per heavy atom. The summed E-state index contributed by atoms with van der Waals surface area (Å²) >= 11 is 0. The molecule has 0 radical (unpaired) electrons. The first-order valence-corrected chi connectivity index (χ1v) is 4.60. The maximum atomic E-state index is 11.1. The molecular formula is C8H10N4O4. The minimum Gasteiger partial charge on any atom is -0.460 e. The fourth-order valence-corrected chi connectivity index (χ4v) is 0.784. The standard InChI is InChI=1S/C8H10N4O4/c1-3-15-7(13)5-9-11-6(12-10-5)8(14)16-4-2/h3-4H2,1-2H3. The van der Waals surface area contributed by atoms with Crippen molar-refractivity contribution in [3.8, 4) is 0 Å². The summed E-state index contributed by atoms with van der Waals surface area (Å²) in [6, 6.07) is 0. The molecule has 0 spiro atoms. The summed E-state index contributed by atoms with van der Waals surface area (Å²) in [5.74, 6) is -2.07. The molecule has 0 saturated carbocycles. The predicted octanol–water partition coefficient (Wildman–Crippen LogP) is -0.380. The van der Waals surface area contributed by atoms with Gasteiger partial charge < -0.3 is 9.47 Å². The molecule has 0 unspecified atom stereocenters. The molecule has 0 fully saturated rings. The van der Waals surface area contributed by atoms with Crippen molar-refractivity contribution in [3.05, 3.63) is 11.6 Å². The number of ether oxygens (including phenoxy) is 2. The zero-order valence-corrected chi connectivity index (χ0v) is 8.84. The Balaban J connectivity index is 2.75. The van der Waals surface area contributed by atoms with E-state index in [-0.39, 0.29) is 24.9 Å². The molecule has 0 aliphatic heterocycles. The van der Waals surface area contributed by atoms with Crippen molar-refractivity contribution in [2.45, 2.75) is 13.8 Å². The highest BCUT2D eigenvalue weighted by atomic mass is 16.5. The first-order valence-electron chi connectivity index (χ1n) is 4.60. The van der Waals surface area contributed by atoms with Gasteiger partial charge in [0.15, 0.2) is 0 Å². The number of carbonyl (C=O) groups is 2. The molecule has 86 valence electrons. The molecule has 0 aliphatic carbocycles. The molecule has 0 amide bonds. The number of nitrogens with zero attached hydrogens (tertiary/aromatic N) is 4. The average Bonchev–Trinajstić information content (AvgIpc) is 2.30. The third kappa shape index (κ3) is 2.94. The molecule has 1 aromatic heterocycles. The molecule has 0 aromatic carbocycles. The molecule has 0 saturated heterocycles. The summed E-state index contributed by atoms with van der Waals surface area (Å²) in [6.07, 6.45) is 0.